The second-order valence-corrected chi connectivity index (χ2v) is 14.4. The molecule has 1 aromatic rings. The Hall–Kier alpha value is -1.64. The van der Waals surface area contributed by atoms with E-state index in [2.05, 4.69) is 13.8 Å². The van der Waals surface area contributed by atoms with Crippen molar-refractivity contribution in [3.05, 3.63) is 34.4 Å². The molecule has 0 aliphatic heterocycles. The van der Waals surface area contributed by atoms with Gasteiger partial charge in [0.25, 0.3) is 5.69 Å². The van der Waals surface area contributed by atoms with E-state index in [0.717, 1.165) is 51.4 Å². The van der Waals surface area contributed by atoms with Gasteiger partial charge in [0.15, 0.2) is 0 Å². The molecule has 37 heavy (non-hydrogen) atoms. The molecule has 5 rings (SSSR count). The van der Waals surface area contributed by atoms with Gasteiger partial charge in [-0.15, -0.1) is 0 Å². The summed E-state index contributed by atoms with van der Waals surface area (Å²) in [6, 6.07) is 5.71. The summed E-state index contributed by atoms with van der Waals surface area (Å²) in [4.78, 5) is 24.4. The number of ketones is 1. The zero-order chi connectivity index (χ0) is 26.6. The number of carbonyl (C=O) groups is 1. The van der Waals surface area contributed by atoms with Crippen molar-refractivity contribution in [1.82, 2.24) is 0 Å². The molecule has 1 N–H and O–H groups in total. The second kappa shape index (κ2) is 9.83. The number of carbonyl (C=O) groups excluding carboxylic acids is 1. The van der Waals surface area contributed by atoms with E-state index in [9.17, 15) is 24.2 Å². The zero-order valence-electron chi connectivity index (χ0n) is 22.3. The van der Waals surface area contributed by atoms with Crippen LogP contribution in [0.1, 0.15) is 71.6 Å². The van der Waals surface area contributed by atoms with E-state index in [1.165, 1.54) is 30.7 Å². The summed E-state index contributed by atoms with van der Waals surface area (Å²) in [5.74, 6) is 2.30. The molecular formula is C29H41NO6S. The number of methoxy groups -OCH3 is 1. The average molecular weight is 532 g/mol. The van der Waals surface area contributed by atoms with Crippen molar-refractivity contribution in [3.8, 4) is 0 Å². The number of ether oxygens (including phenoxy) is 1. The van der Waals surface area contributed by atoms with Crippen molar-refractivity contribution in [3.63, 3.8) is 0 Å². The Balaban J connectivity index is 1.27. The Labute approximate surface area is 222 Å². The maximum absolute atomic E-state index is 13.5. The first-order valence-corrected chi connectivity index (χ1v) is 15.2. The minimum atomic E-state index is -1.50. The number of Topliss-reactive ketones (excluding diaryl/α,β-unsaturated/α-hetero) is 1. The van der Waals surface area contributed by atoms with E-state index in [1.54, 1.807) is 7.11 Å². The molecule has 0 heterocycles. The third kappa shape index (κ3) is 4.61. The van der Waals surface area contributed by atoms with Crippen LogP contribution in [0, 0.1) is 50.5 Å². The van der Waals surface area contributed by atoms with Crippen molar-refractivity contribution in [2.45, 2.75) is 82.1 Å². The number of nitrogens with zero attached hydrogens (tertiary/aromatic N) is 1. The highest BCUT2D eigenvalue weighted by molar-refractivity contribution is 7.85. The van der Waals surface area contributed by atoms with Crippen LogP contribution in [0.25, 0.3) is 0 Å². The van der Waals surface area contributed by atoms with Crippen LogP contribution in [-0.2, 0) is 20.3 Å². The highest BCUT2D eigenvalue weighted by Gasteiger charge is 2.62. The van der Waals surface area contributed by atoms with Crippen LogP contribution in [-0.4, -0.2) is 45.1 Å². The Bertz CT molecular complexity index is 1080. The van der Waals surface area contributed by atoms with Crippen LogP contribution >= 0.6 is 0 Å². The molecule has 0 bridgehead atoms. The number of rotatable bonds is 7. The molecule has 2 unspecified atom stereocenters. The molecule has 9 atom stereocenters. The van der Waals surface area contributed by atoms with Crippen molar-refractivity contribution in [2.75, 3.05) is 19.5 Å². The summed E-state index contributed by atoms with van der Waals surface area (Å²) >= 11 is 0. The standard InChI is InChI=1S/C29H41NO6S/c1-27-14-15-29(32,18-36-3)16-19(27)4-9-22-23-10-11-25(28(23,2)13-12-24(22)27)26(31)17-37(35)21-7-5-20(6-8-21)30(33)34/h5-8,19,22-25,32H,4,9-18H2,1-3H3/t19?,22-,23-,24-,25+,27-,28-,29?,37-/m0/s1. The first-order chi connectivity index (χ1) is 17.5. The lowest BCUT2D eigenvalue weighted by molar-refractivity contribution is -0.384. The highest BCUT2D eigenvalue weighted by atomic mass is 32.2. The van der Waals surface area contributed by atoms with Crippen LogP contribution in [0.2, 0.25) is 0 Å². The van der Waals surface area contributed by atoms with Crippen LogP contribution < -0.4 is 0 Å². The van der Waals surface area contributed by atoms with Gasteiger partial charge in [-0.25, -0.2) is 0 Å². The number of fused-ring (bicyclic) bond motifs is 5. The normalized spacial score (nSPS) is 41.8. The molecule has 0 radical (unpaired) electrons. The van der Waals surface area contributed by atoms with E-state index < -0.39 is 21.3 Å². The van der Waals surface area contributed by atoms with Gasteiger partial charge in [-0.1, -0.05) is 13.8 Å². The lowest BCUT2D eigenvalue weighted by Gasteiger charge is -2.62. The zero-order valence-corrected chi connectivity index (χ0v) is 23.1. The summed E-state index contributed by atoms with van der Waals surface area (Å²) in [6.45, 7) is 5.19. The summed E-state index contributed by atoms with van der Waals surface area (Å²) in [7, 11) is 0.174. The van der Waals surface area contributed by atoms with Crippen LogP contribution in [0.5, 0.6) is 0 Å². The predicted octanol–water partition coefficient (Wildman–Crippen LogP) is 5.31. The molecule has 0 spiro atoms. The van der Waals surface area contributed by atoms with Gasteiger partial charge in [0.2, 0.25) is 0 Å². The number of benzene rings is 1. The minimum absolute atomic E-state index is 0.0171. The Morgan fingerprint density at radius 2 is 1.76 bits per heavy atom. The molecule has 4 fully saturated rings. The molecule has 7 nitrogen and oxygen atoms in total. The predicted molar refractivity (Wildman–Crippen MR) is 141 cm³/mol. The van der Waals surface area contributed by atoms with E-state index in [4.69, 9.17) is 4.74 Å². The van der Waals surface area contributed by atoms with Gasteiger partial charge in [-0.2, -0.15) is 0 Å². The third-order valence-electron chi connectivity index (χ3n) is 11.2. The quantitative estimate of drug-likeness (QED) is 0.378. The maximum Gasteiger partial charge on any atom is 0.269 e. The summed E-state index contributed by atoms with van der Waals surface area (Å²) in [5.41, 5.74) is -0.546. The number of hydrogen-bond acceptors (Lipinski definition) is 6. The minimum Gasteiger partial charge on any atom is -0.387 e. The number of aliphatic hydroxyl groups is 1. The molecule has 8 heteroatoms. The first kappa shape index (κ1) is 26.9. The summed E-state index contributed by atoms with van der Waals surface area (Å²) in [6.07, 6.45) is 9.07. The Morgan fingerprint density at radius 1 is 1.05 bits per heavy atom. The Morgan fingerprint density at radius 3 is 2.43 bits per heavy atom. The number of nitro groups is 1. The first-order valence-electron chi connectivity index (χ1n) is 13.9. The number of hydrogen-bond donors (Lipinski definition) is 1. The Kier molecular flexibility index (Phi) is 7.16. The molecule has 0 saturated heterocycles. The van der Waals surface area contributed by atoms with Gasteiger partial charge in [0.1, 0.15) is 5.78 Å². The molecule has 0 aromatic heterocycles. The van der Waals surface area contributed by atoms with Gasteiger partial charge in [-0.3, -0.25) is 19.1 Å². The third-order valence-corrected chi connectivity index (χ3v) is 12.6. The van der Waals surface area contributed by atoms with Crippen molar-refractivity contribution in [1.29, 1.82) is 0 Å². The van der Waals surface area contributed by atoms with Gasteiger partial charge in [0, 0.05) is 30.1 Å². The van der Waals surface area contributed by atoms with E-state index >= 15 is 0 Å². The number of non-ortho nitro benzene ring substituents is 1. The summed E-state index contributed by atoms with van der Waals surface area (Å²) in [5, 5.41) is 22.0. The highest BCUT2D eigenvalue weighted by Crippen LogP contribution is 2.68. The van der Waals surface area contributed by atoms with Gasteiger partial charge >= 0.3 is 0 Å². The van der Waals surface area contributed by atoms with Crippen LogP contribution in [0.3, 0.4) is 0 Å². The molecule has 4 saturated carbocycles. The van der Waals surface area contributed by atoms with Crippen LogP contribution in [0.4, 0.5) is 5.69 Å². The van der Waals surface area contributed by atoms with Gasteiger partial charge in [-0.05, 0) is 104 Å². The molecule has 0 amide bonds. The van der Waals surface area contributed by atoms with E-state index in [-0.39, 0.29) is 34.0 Å². The van der Waals surface area contributed by atoms with Gasteiger partial charge < -0.3 is 9.84 Å². The monoisotopic (exact) mass is 531 g/mol. The second-order valence-electron chi connectivity index (χ2n) is 12.9. The maximum atomic E-state index is 13.5. The molecule has 4 aliphatic carbocycles. The molecule has 1 aromatic carbocycles. The molecule has 204 valence electrons. The molecule has 4 aliphatic rings. The SMILES string of the molecule is COCC1(O)CC[C@@]2(C)C(CC[C@H]3[C@@H]4CC[C@H](C(=O)C[S@](=O)c5ccc([N+](=O)[O-])cc5)[C@@]4(C)CC[C@@H]32)C1. The summed E-state index contributed by atoms with van der Waals surface area (Å²) < 4.78 is 18.3. The lowest BCUT2D eigenvalue weighted by atomic mass is 9.44. The fourth-order valence-electron chi connectivity index (χ4n) is 9.28. The fraction of sp³-hybridized carbons (Fsp3) is 0.759. The average Bonchev–Trinajstić information content (AvgIpc) is 3.22. The largest absolute Gasteiger partial charge is 0.387 e. The van der Waals surface area contributed by atoms with Crippen LogP contribution in [0.15, 0.2) is 29.2 Å². The van der Waals surface area contributed by atoms with E-state index in [0.29, 0.717) is 35.2 Å². The van der Waals surface area contributed by atoms with Gasteiger partial charge in [0.05, 0.1) is 33.7 Å². The number of nitro benzene ring substituents is 1. The fourth-order valence-corrected chi connectivity index (χ4v) is 10.3. The lowest BCUT2D eigenvalue weighted by Crippen LogP contribution is -2.57. The topological polar surface area (TPSA) is 107 Å². The van der Waals surface area contributed by atoms with Crippen molar-refractivity contribution < 1.29 is 23.8 Å². The van der Waals surface area contributed by atoms with E-state index in [1.807, 2.05) is 0 Å². The molecular weight excluding hydrogens is 490 g/mol. The smallest absolute Gasteiger partial charge is 0.269 e. The van der Waals surface area contributed by atoms with Crippen molar-refractivity contribution >= 4 is 22.3 Å². The van der Waals surface area contributed by atoms with Crippen molar-refractivity contribution in [2.24, 2.45) is 40.4 Å².